The van der Waals surface area contributed by atoms with Crippen molar-refractivity contribution in [2.45, 2.75) is 0 Å². The molecule has 0 atom stereocenters. The Hall–Kier alpha value is -2.11. The first kappa shape index (κ1) is 8.98. The highest BCUT2D eigenvalue weighted by molar-refractivity contribution is 5.97. The van der Waals surface area contributed by atoms with E-state index in [-0.39, 0.29) is 16.9 Å². The van der Waals surface area contributed by atoms with E-state index in [9.17, 15) is 14.9 Å². The van der Waals surface area contributed by atoms with E-state index < -0.39 is 10.8 Å². The van der Waals surface area contributed by atoms with Crippen molar-refractivity contribution < 1.29 is 9.72 Å². The van der Waals surface area contributed by atoms with E-state index in [1.807, 2.05) is 0 Å². The lowest BCUT2D eigenvalue weighted by Gasteiger charge is -1.99. The maximum atomic E-state index is 10.7. The van der Waals surface area contributed by atoms with Crippen LogP contribution in [0.3, 0.4) is 0 Å². The van der Waals surface area contributed by atoms with Crippen LogP contribution in [0.2, 0.25) is 0 Å². The second-order valence-corrected chi connectivity index (χ2v) is 2.40. The minimum absolute atomic E-state index is 0.176. The minimum atomic E-state index is -0.862. The van der Waals surface area contributed by atoms with Crippen molar-refractivity contribution in [3.05, 3.63) is 33.9 Å². The number of benzene rings is 1. The molecule has 6 nitrogen and oxygen atoms in total. The Morgan fingerprint density at radius 2 is 2.08 bits per heavy atom. The Morgan fingerprint density at radius 3 is 2.54 bits per heavy atom. The van der Waals surface area contributed by atoms with Crippen LogP contribution in [0.25, 0.3) is 0 Å². The molecule has 0 heterocycles. The van der Waals surface area contributed by atoms with Crippen molar-refractivity contribution in [3.8, 4) is 0 Å². The normalized spacial score (nSPS) is 9.54. The summed E-state index contributed by atoms with van der Waals surface area (Å²) < 4.78 is 0. The fourth-order valence-corrected chi connectivity index (χ4v) is 0.910. The molecule has 0 radical (unpaired) electrons. The maximum Gasteiger partial charge on any atom is 0.282 e. The van der Waals surface area contributed by atoms with Crippen LogP contribution in [0.1, 0.15) is 10.4 Å². The summed E-state index contributed by atoms with van der Waals surface area (Å²) in [6.07, 6.45) is 0. The molecule has 0 aliphatic carbocycles. The zero-order chi connectivity index (χ0) is 10.0. The van der Waals surface area contributed by atoms with Gasteiger partial charge < -0.3 is 11.5 Å². The molecule has 0 bridgehead atoms. The first-order valence-corrected chi connectivity index (χ1v) is 3.36. The van der Waals surface area contributed by atoms with Gasteiger partial charge in [0.05, 0.1) is 4.92 Å². The quantitative estimate of drug-likeness (QED) is 0.387. The molecule has 68 valence electrons. The number of rotatable bonds is 2. The number of nitrogen functional groups attached to an aromatic ring is 1. The van der Waals surface area contributed by atoms with Crippen LogP contribution >= 0.6 is 0 Å². The van der Waals surface area contributed by atoms with Gasteiger partial charge in [0.2, 0.25) is 0 Å². The molecular weight excluding hydrogens is 174 g/mol. The van der Waals surface area contributed by atoms with Gasteiger partial charge in [0.15, 0.2) is 0 Å². The average molecular weight is 181 g/mol. The summed E-state index contributed by atoms with van der Waals surface area (Å²) in [5.74, 6) is -0.862. The van der Waals surface area contributed by atoms with Crippen molar-refractivity contribution >= 4 is 17.3 Å². The van der Waals surface area contributed by atoms with E-state index in [1.165, 1.54) is 12.1 Å². The number of anilines is 1. The average Bonchev–Trinajstić information content (AvgIpc) is 2.03. The smallest absolute Gasteiger partial charge is 0.282 e. The second-order valence-electron chi connectivity index (χ2n) is 2.40. The summed E-state index contributed by atoms with van der Waals surface area (Å²) in [6, 6.07) is 3.67. The molecule has 1 rings (SSSR count). The predicted octanol–water partition coefficient (Wildman–Crippen LogP) is 0.276. The van der Waals surface area contributed by atoms with Crippen LogP contribution < -0.4 is 11.5 Å². The number of nitro benzene ring substituents is 1. The van der Waals surface area contributed by atoms with Crippen LogP contribution in [-0.4, -0.2) is 10.8 Å². The maximum absolute atomic E-state index is 10.7. The molecule has 0 unspecified atom stereocenters. The van der Waals surface area contributed by atoms with Gasteiger partial charge in [0.1, 0.15) is 5.56 Å². The zero-order valence-corrected chi connectivity index (χ0v) is 6.56. The number of nitrogens with zero attached hydrogens (tertiary/aromatic N) is 1. The van der Waals surface area contributed by atoms with E-state index in [4.69, 9.17) is 11.5 Å². The van der Waals surface area contributed by atoms with E-state index >= 15 is 0 Å². The van der Waals surface area contributed by atoms with Gasteiger partial charge in [0.25, 0.3) is 11.6 Å². The van der Waals surface area contributed by atoms with E-state index in [0.29, 0.717) is 0 Å². The molecule has 13 heavy (non-hydrogen) atoms. The molecule has 6 heteroatoms. The van der Waals surface area contributed by atoms with Gasteiger partial charge in [-0.1, -0.05) is 0 Å². The van der Waals surface area contributed by atoms with Crippen LogP contribution in [-0.2, 0) is 0 Å². The molecule has 4 N–H and O–H groups in total. The first-order chi connectivity index (χ1) is 6.02. The number of hydrogen-bond donors (Lipinski definition) is 2. The largest absolute Gasteiger partial charge is 0.399 e. The topological polar surface area (TPSA) is 112 Å². The number of nitro groups is 1. The highest BCUT2D eigenvalue weighted by atomic mass is 16.6. The van der Waals surface area contributed by atoms with Crippen LogP contribution in [0.4, 0.5) is 11.4 Å². The Balaban J connectivity index is 3.35. The first-order valence-electron chi connectivity index (χ1n) is 3.36. The highest BCUT2D eigenvalue weighted by Gasteiger charge is 2.17. The van der Waals surface area contributed by atoms with Crippen LogP contribution in [0.15, 0.2) is 18.2 Å². The molecule has 0 saturated heterocycles. The van der Waals surface area contributed by atoms with E-state index in [0.717, 1.165) is 6.07 Å². The summed E-state index contributed by atoms with van der Waals surface area (Å²) in [6.45, 7) is 0. The third-order valence-corrected chi connectivity index (χ3v) is 1.48. The monoisotopic (exact) mass is 181 g/mol. The van der Waals surface area contributed by atoms with Crippen molar-refractivity contribution in [1.82, 2.24) is 0 Å². The number of nitrogens with two attached hydrogens (primary N) is 2. The molecule has 0 aliphatic heterocycles. The number of hydrogen-bond acceptors (Lipinski definition) is 4. The third kappa shape index (κ3) is 1.73. The summed E-state index contributed by atoms with van der Waals surface area (Å²) in [5.41, 5.74) is 10.0. The van der Waals surface area contributed by atoms with E-state index in [1.54, 1.807) is 0 Å². The van der Waals surface area contributed by atoms with Gasteiger partial charge in [-0.25, -0.2) is 0 Å². The summed E-state index contributed by atoms with van der Waals surface area (Å²) in [7, 11) is 0. The van der Waals surface area contributed by atoms with Gasteiger partial charge in [0, 0.05) is 11.8 Å². The fraction of sp³-hybridized carbons (Fsp3) is 0. The Labute approximate surface area is 73.3 Å². The predicted molar refractivity (Wildman–Crippen MR) is 46.0 cm³/mol. The Bertz CT molecular complexity index is 375. The van der Waals surface area contributed by atoms with Crippen molar-refractivity contribution in [2.75, 3.05) is 5.73 Å². The van der Waals surface area contributed by atoms with Crippen molar-refractivity contribution in [2.24, 2.45) is 5.73 Å². The van der Waals surface area contributed by atoms with Gasteiger partial charge in [-0.05, 0) is 12.1 Å². The summed E-state index contributed by atoms with van der Waals surface area (Å²) >= 11 is 0. The molecular formula is C7H7N3O3. The molecule has 1 aromatic carbocycles. The lowest BCUT2D eigenvalue weighted by Crippen LogP contribution is -2.13. The summed E-state index contributed by atoms with van der Waals surface area (Å²) in [4.78, 5) is 20.5. The lowest BCUT2D eigenvalue weighted by atomic mass is 10.1. The molecule has 0 saturated carbocycles. The number of carbonyl (C=O) groups excluding carboxylic acids is 1. The number of carbonyl (C=O) groups is 1. The Morgan fingerprint density at radius 1 is 1.46 bits per heavy atom. The number of primary amides is 1. The van der Waals surface area contributed by atoms with Crippen molar-refractivity contribution in [1.29, 1.82) is 0 Å². The standard InChI is InChI=1S/C7H7N3O3/c8-4-1-2-6(10(12)13)5(3-4)7(9)11/h1-3H,8H2,(H2,9,11). The van der Waals surface area contributed by atoms with Gasteiger partial charge >= 0.3 is 0 Å². The third-order valence-electron chi connectivity index (χ3n) is 1.48. The molecule has 0 spiro atoms. The minimum Gasteiger partial charge on any atom is -0.399 e. The molecule has 1 amide bonds. The van der Waals surface area contributed by atoms with Gasteiger partial charge in [-0.15, -0.1) is 0 Å². The van der Waals surface area contributed by atoms with E-state index in [2.05, 4.69) is 0 Å². The number of amides is 1. The van der Waals surface area contributed by atoms with Gasteiger partial charge in [-0.3, -0.25) is 14.9 Å². The highest BCUT2D eigenvalue weighted by Crippen LogP contribution is 2.20. The second kappa shape index (κ2) is 3.10. The van der Waals surface area contributed by atoms with Gasteiger partial charge in [-0.2, -0.15) is 0 Å². The van der Waals surface area contributed by atoms with Crippen molar-refractivity contribution in [3.63, 3.8) is 0 Å². The zero-order valence-electron chi connectivity index (χ0n) is 6.56. The molecule has 0 aliphatic rings. The fourth-order valence-electron chi connectivity index (χ4n) is 0.910. The molecule has 0 fully saturated rings. The van der Waals surface area contributed by atoms with Crippen LogP contribution in [0, 0.1) is 10.1 Å². The Kier molecular flexibility index (Phi) is 2.14. The summed E-state index contributed by atoms with van der Waals surface area (Å²) in [5, 5.41) is 10.4. The molecule has 1 aromatic rings. The SMILES string of the molecule is NC(=O)c1cc(N)ccc1[N+](=O)[O-]. The molecule has 0 aromatic heterocycles. The lowest BCUT2D eigenvalue weighted by molar-refractivity contribution is -0.385. The van der Waals surface area contributed by atoms with Crippen LogP contribution in [0.5, 0.6) is 0 Å².